The topological polar surface area (TPSA) is 47.6 Å². The molecule has 0 aliphatic carbocycles. The number of hydrogen-bond acceptors (Lipinski definition) is 3. The van der Waals surface area contributed by atoms with Gasteiger partial charge in [-0.1, -0.05) is 12.1 Å². The minimum Gasteiger partial charge on any atom is -0.497 e. The minimum atomic E-state index is -0.217. The minimum absolute atomic E-state index is 0.0392. The number of carbonyl (C=O) groups is 1. The Balaban J connectivity index is 2.74. The van der Waals surface area contributed by atoms with Gasteiger partial charge in [0.25, 0.3) is 0 Å². The molecular formula is C12H17NO3. The number of benzene rings is 1. The first-order valence-corrected chi connectivity index (χ1v) is 5.08. The van der Waals surface area contributed by atoms with Crippen molar-refractivity contribution in [2.24, 2.45) is 0 Å². The van der Waals surface area contributed by atoms with Crippen molar-refractivity contribution in [2.75, 3.05) is 21.3 Å². The molecule has 1 atom stereocenters. The van der Waals surface area contributed by atoms with Gasteiger partial charge in [-0.05, 0) is 17.7 Å². The maximum absolute atomic E-state index is 11.3. The molecule has 0 heterocycles. The van der Waals surface area contributed by atoms with Gasteiger partial charge in [-0.15, -0.1) is 0 Å². The molecule has 0 fully saturated rings. The van der Waals surface area contributed by atoms with Crippen molar-refractivity contribution in [1.29, 1.82) is 0 Å². The molecule has 88 valence electrons. The lowest BCUT2D eigenvalue weighted by atomic mass is 10.1. The van der Waals surface area contributed by atoms with Gasteiger partial charge < -0.3 is 14.8 Å². The zero-order chi connectivity index (χ0) is 12.0. The molecule has 1 aromatic carbocycles. The number of rotatable bonds is 5. The van der Waals surface area contributed by atoms with Crippen LogP contribution in [0.2, 0.25) is 0 Å². The van der Waals surface area contributed by atoms with Crippen molar-refractivity contribution >= 4 is 5.91 Å². The van der Waals surface area contributed by atoms with Crippen molar-refractivity contribution < 1.29 is 14.3 Å². The molecule has 1 amide bonds. The van der Waals surface area contributed by atoms with Crippen molar-refractivity contribution in [1.82, 2.24) is 5.32 Å². The molecule has 0 aliphatic rings. The van der Waals surface area contributed by atoms with Gasteiger partial charge in [0.1, 0.15) is 5.75 Å². The lowest BCUT2D eigenvalue weighted by molar-refractivity contribution is -0.123. The Bertz CT molecular complexity index is 335. The first-order chi connectivity index (χ1) is 7.71. The quantitative estimate of drug-likeness (QED) is 0.823. The van der Waals surface area contributed by atoms with Crippen LogP contribution in [0.25, 0.3) is 0 Å². The van der Waals surface area contributed by atoms with Crippen LogP contribution in [0, 0.1) is 0 Å². The molecule has 0 aromatic heterocycles. The largest absolute Gasteiger partial charge is 0.497 e. The maximum atomic E-state index is 11.3. The van der Waals surface area contributed by atoms with E-state index in [-0.39, 0.29) is 12.0 Å². The van der Waals surface area contributed by atoms with Crippen LogP contribution in [0.5, 0.6) is 5.75 Å². The second-order valence-electron chi connectivity index (χ2n) is 3.37. The average Bonchev–Trinajstić information content (AvgIpc) is 2.35. The van der Waals surface area contributed by atoms with E-state index >= 15 is 0 Å². The highest BCUT2D eigenvalue weighted by molar-refractivity contribution is 5.76. The lowest BCUT2D eigenvalue weighted by Crippen LogP contribution is -2.21. The summed E-state index contributed by atoms with van der Waals surface area (Å²) in [6.45, 7) is 0. The first kappa shape index (κ1) is 12.5. The number of hydrogen-bond donors (Lipinski definition) is 1. The second-order valence-corrected chi connectivity index (χ2v) is 3.37. The lowest BCUT2D eigenvalue weighted by Gasteiger charge is -2.15. The number of nitrogens with one attached hydrogen (secondary N) is 1. The smallest absolute Gasteiger partial charge is 0.222 e. The Hall–Kier alpha value is -1.55. The van der Waals surface area contributed by atoms with Crippen LogP contribution >= 0.6 is 0 Å². The average molecular weight is 223 g/mol. The van der Waals surface area contributed by atoms with Crippen LogP contribution in [-0.2, 0) is 9.53 Å². The fraction of sp³-hybridized carbons (Fsp3) is 0.417. The van der Waals surface area contributed by atoms with Gasteiger partial charge in [0, 0.05) is 14.2 Å². The third-order valence-corrected chi connectivity index (χ3v) is 2.42. The van der Waals surface area contributed by atoms with E-state index < -0.39 is 0 Å². The summed E-state index contributed by atoms with van der Waals surface area (Å²) < 4.78 is 10.3. The predicted molar refractivity (Wildman–Crippen MR) is 61.4 cm³/mol. The van der Waals surface area contributed by atoms with Crippen LogP contribution in [0.3, 0.4) is 0 Å². The van der Waals surface area contributed by atoms with Gasteiger partial charge in [0.15, 0.2) is 0 Å². The molecule has 0 radical (unpaired) electrons. The van der Waals surface area contributed by atoms with Crippen molar-refractivity contribution in [3.05, 3.63) is 29.8 Å². The Morgan fingerprint density at radius 3 is 2.38 bits per heavy atom. The van der Waals surface area contributed by atoms with Crippen LogP contribution < -0.4 is 10.1 Å². The molecule has 1 unspecified atom stereocenters. The van der Waals surface area contributed by atoms with E-state index in [1.165, 1.54) is 0 Å². The summed E-state index contributed by atoms with van der Waals surface area (Å²) in [6, 6.07) is 7.50. The fourth-order valence-electron chi connectivity index (χ4n) is 1.43. The van der Waals surface area contributed by atoms with Crippen molar-refractivity contribution in [3.8, 4) is 5.75 Å². The van der Waals surface area contributed by atoms with E-state index in [0.29, 0.717) is 6.42 Å². The van der Waals surface area contributed by atoms with Crippen molar-refractivity contribution in [2.45, 2.75) is 12.5 Å². The van der Waals surface area contributed by atoms with Crippen molar-refractivity contribution in [3.63, 3.8) is 0 Å². The van der Waals surface area contributed by atoms with E-state index in [2.05, 4.69) is 5.32 Å². The molecule has 16 heavy (non-hydrogen) atoms. The zero-order valence-electron chi connectivity index (χ0n) is 9.82. The van der Waals surface area contributed by atoms with Gasteiger partial charge >= 0.3 is 0 Å². The summed E-state index contributed by atoms with van der Waals surface area (Å²) in [7, 11) is 4.83. The monoisotopic (exact) mass is 223 g/mol. The normalized spacial score (nSPS) is 11.9. The van der Waals surface area contributed by atoms with Crippen LogP contribution in [0.4, 0.5) is 0 Å². The van der Waals surface area contributed by atoms with Gasteiger partial charge in [0.2, 0.25) is 5.91 Å². The third kappa shape index (κ3) is 3.24. The molecule has 0 saturated carbocycles. The maximum Gasteiger partial charge on any atom is 0.222 e. The summed E-state index contributed by atoms with van der Waals surface area (Å²) in [5, 5.41) is 2.58. The zero-order valence-corrected chi connectivity index (χ0v) is 9.82. The summed E-state index contributed by atoms with van der Waals surface area (Å²) in [4.78, 5) is 11.3. The van der Waals surface area contributed by atoms with E-state index in [0.717, 1.165) is 11.3 Å². The number of carbonyl (C=O) groups excluding carboxylic acids is 1. The standard InChI is InChI=1S/C12H17NO3/c1-13-12(14)8-11(16-3)9-4-6-10(15-2)7-5-9/h4-7,11H,8H2,1-3H3,(H,13,14). The van der Waals surface area contributed by atoms with Gasteiger partial charge in [0.05, 0.1) is 19.6 Å². The van der Waals surface area contributed by atoms with E-state index in [4.69, 9.17) is 9.47 Å². The van der Waals surface area contributed by atoms with E-state index in [9.17, 15) is 4.79 Å². The molecule has 0 saturated heterocycles. The molecule has 0 aliphatic heterocycles. The summed E-state index contributed by atoms with van der Waals surface area (Å²) in [5.41, 5.74) is 0.965. The fourth-order valence-corrected chi connectivity index (χ4v) is 1.43. The molecule has 4 nitrogen and oxygen atoms in total. The molecule has 4 heteroatoms. The second kappa shape index (κ2) is 6.12. The number of ether oxygens (including phenoxy) is 2. The van der Waals surface area contributed by atoms with Gasteiger partial charge in [-0.3, -0.25) is 4.79 Å². The SMILES string of the molecule is CNC(=O)CC(OC)c1ccc(OC)cc1. The van der Waals surface area contributed by atoms with Crippen LogP contribution in [-0.4, -0.2) is 27.2 Å². The summed E-state index contributed by atoms with van der Waals surface area (Å²) in [5.74, 6) is 0.751. The predicted octanol–water partition coefficient (Wildman–Crippen LogP) is 1.52. The van der Waals surface area contributed by atoms with E-state index in [1.807, 2.05) is 24.3 Å². The highest BCUT2D eigenvalue weighted by atomic mass is 16.5. The Kier molecular flexibility index (Phi) is 4.79. The summed E-state index contributed by atoms with van der Waals surface area (Å²) in [6.07, 6.45) is 0.102. The first-order valence-electron chi connectivity index (χ1n) is 5.08. The molecule has 0 spiro atoms. The highest BCUT2D eigenvalue weighted by Crippen LogP contribution is 2.22. The third-order valence-electron chi connectivity index (χ3n) is 2.42. The Morgan fingerprint density at radius 2 is 1.94 bits per heavy atom. The Labute approximate surface area is 95.6 Å². The molecule has 0 bridgehead atoms. The van der Waals surface area contributed by atoms with Crippen LogP contribution in [0.1, 0.15) is 18.1 Å². The van der Waals surface area contributed by atoms with Crippen LogP contribution in [0.15, 0.2) is 24.3 Å². The molecular weight excluding hydrogens is 206 g/mol. The summed E-state index contributed by atoms with van der Waals surface area (Å²) >= 11 is 0. The Morgan fingerprint density at radius 1 is 1.31 bits per heavy atom. The molecule has 1 N–H and O–H groups in total. The molecule has 1 aromatic rings. The van der Waals surface area contributed by atoms with Gasteiger partial charge in [-0.2, -0.15) is 0 Å². The van der Waals surface area contributed by atoms with E-state index in [1.54, 1.807) is 21.3 Å². The molecule has 1 rings (SSSR count). The highest BCUT2D eigenvalue weighted by Gasteiger charge is 2.14. The van der Waals surface area contributed by atoms with Gasteiger partial charge in [-0.25, -0.2) is 0 Å². The number of methoxy groups -OCH3 is 2. The number of amides is 1.